The maximum atomic E-state index is 8.47. The third-order valence-corrected chi connectivity index (χ3v) is 2.87. The summed E-state index contributed by atoms with van der Waals surface area (Å²) in [6, 6.07) is 0. The normalized spacial score (nSPS) is 11.2. The molecule has 0 bridgehead atoms. The topological polar surface area (TPSA) is 49.7 Å². The van der Waals surface area contributed by atoms with Gasteiger partial charge in [-0.25, -0.2) is 0 Å². The fourth-order valence-corrected chi connectivity index (χ4v) is 1.85. The lowest BCUT2D eigenvalue weighted by Crippen LogP contribution is -1.89. The van der Waals surface area contributed by atoms with Crippen molar-refractivity contribution in [3.8, 4) is 0 Å². The maximum Gasteiger partial charge on any atom is 0.327 e. The van der Waals surface area contributed by atoms with Crippen molar-refractivity contribution in [3.05, 3.63) is 0 Å². The maximum absolute atomic E-state index is 8.47. The van der Waals surface area contributed by atoms with Gasteiger partial charge in [-0.2, -0.15) is 0 Å². The van der Waals surface area contributed by atoms with Gasteiger partial charge in [0, 0.05) is 0 Å². The highest BCUT2D eigenvalue weighted by Gasteiger charge is 1.97. The van der Waals surface area contributed by atoms with Gasteiger partial charge < -0.3 is 14.3 Å². The molecule has 0 aliphatic carbocycles. The first kappa shape index (κ1) is 15.3. The third kappa shape index (κ3) is 14.3. The predicted molar refractivity (Wildman–Crippen MR) is 64.5 cm³/mol. The standard InChI is InChI=1S/C11H25O3P/c1-2-3-4-5-6-7-8-9-10-11-14-15(12)13/h12-13H,2-11H2,1H3. The molecule has 0 spiro atoms. The van der Waals surface area contributed by atoms with Crippen molar-refractivity contribution in [2.75, 3.05) is 6.61 Å². The van der Waals surface area contributed by atoms with Gasteiger partial charge in [0.25, 0.3) is 0 Å². The fraction of sp³-hybridized carbons (Fsp3) is 1.00. The largest absolute Gasteiger partial charge is 0.328 e. The molecule has 0 aromatic carbocycles. The van der Waals surface area contributed by atoms with Crippen LogP contribution in [0.25, 0.3) is 0 Å². The van der Waals surface area contributed by atoms with Gasteiger partial charge in [0.05, 0.1) is 6.61 Å². The van der Waals surface area contributed by atoms with E-state index in [2.05, 4.69) is 11.4 Å². The molecule has 0 saturated carbocycles. The number of hydrogen-bond acceptors (Lipinski definition) is 3. The van der Waals surface area contributed by atoms with Crippen molar-refractivity contribution in [2.24, 2.45) is 0 Å². The molecule has 4 heteroatoms. The summed E-state index contributed by atoms with van der Waals surface area (Å²) >= 11 is 0. The fourth-order valence-electron chi connectivity index (χ4n) is 1.56. The Labute approximate surface area is 94.9 Å². The van der Waals surface area contributed by atoms with Crippen LogP contribution in [0.15, 0.2) is 0 Å². The lowest BCUT2D eigenvalue weighted by Gasteiger charge is -2.03. The summed E-state index contributed by atoms with van der Waals surface area (Å²) in [5.41, 5.74) is 0. The number of unbranched alkanes of at least 4 members (excludes halogenated alkanes) is 8. The zero-order valence-corrected chi connectivity index (χ0v) is 10.7. The van der Waals surface area contributed by atoms with Crippen LogP contribution in [-0.2, 0) is 4.52 Å². The number of hydrogen-bond donors (Lipinski definition) is 2. The molecule has 15 heavy (non-hydrogen) atoms. The van der Waals surface area contributed by atoms with Crippen molar-refractivity contribution in [3.63, 3.8) is 0 Å². The first-order valence-corrected chi connectivity index (χ1v) is 7.24. The Bertz CT molecular complexity index is 120. The van der Waals surface area contributed by atoms with Crippen LogP contribution in [0.1, 0.15) is 64.7 Å². The van der Waals surface area contributed by atoms with Crippen LogP contribution < -0.4 is 0 Å². The Morgan fingerprint density at radius 3 is 1.73 bits per heavy atom. The average molecular weight is 236 g/mol. The van der Waals surface area contributed by atoms with Gasteiger partial charge in [-0.3, -0.25) is 0 Å². The van der Waals surface area contributed by atoms with Gasteiger partial charge >= 0.3 is 8.60 Å². The van der Waals surface area contributed by atoms with Gasteiger partial charge in [-0.05, 0) is 6.42 Å². The van der Waals surface area contributed by atoms with Crippen molar-refractivity contribution < 1.29 is 14.3 Å². The molecular weight excluding hydrogens is 211 g/mol. The van der Waals surface area contributed by atoms with Gasteiger partial charge in [0.15, 0.2) is 0 Å². The van der Waals surface area contributed by atoms with Crippen molar-refractivity contribution in [1.29, 1.82) is 0 Å². The Hall–Kier alpha value is 0.310. The van der Waals surface area contributed by atoms with E-state index in [1.165, 1.54) is 44.9 Å². The second-order valence-electron chi connectivity index (χ2n) is 3.91. The highest BCUT2D eigenvalue weighted by atomic mass is 31.2. The van der Waals surface area contributed by atoms with Crippen LogP contribution in [0, 0.1) is 0 Å². The molecule has 0 aromatic heterocycles. The molecule has 0 heterocycles. The summed E-state index contributed by atoms with van der Waals surface area (Å²) in [4.78, 5) is 16.9. The average Bonchev–Trinajstić information content (AvgIpc) is 2.20. The second kappa shape index (κ2) is 12.4. The van der Waals surface area contributed by atoms with E-state index in [0.717, 1.165) is 12.8 Å². The van der Waals surface area contributed by atoms with Crippen LogP contribution in [-0.4, -0.2) is 16.4 Å². The molecule has 0 rings (SSSR count). The minimum absolute atomic E-state index is 0.481. The van der Waals surface area contributed by atoms with Crippen molar-refractivity contribution in [1.82, 2.24) is 0 Å². The van der Waals surface area contributed by atoms with Crippen molar-refractivity contribution >= 4 is 8.60 Å². The Morgan fingerprint density at radius 1 is 0.800 bits per heavy atom. The van der Waals surface area contributed by atoms with Crippen molar-refractivity contribution in [2.45, 2.75) is 64.7 Å². The highest BCUT2D eigenvalue weighted by molar-refractivity contribution is 7.39. The summed E-state index contributed by atoms with van der Waals surface area (Å²) < 4.78 is 4.68. The van der Waals surface area contributed by atoms with Crippen LogP contribution in [0.2, 0.25) is 0 Å². The molecule has 2 N–H and O–H groups in total. The summed E-state index contributed by atoms with van der Waals surface area (Å²) in [6.07, 6.45) is 11.4. The molecule has 0 unspecified atom stereocenters. The minimum atomic E-state index is -2.14. The van der Waals surface area contributed by atoms with E-state index in [1.807, 2.05) is 0 Å². The first-order chi connectivity index (χ1) is 7.27. The van der Waals surface area contributed by atoms with Crippen LogP contribution in [0.5, 0.6) is 0 Å². The molecule has 0 saturated heterocycles. The zero-order valence-electron chi connectivity index (χ0n) is 9.82. The SMILES string of the molecule is CCCCCCCCCCCOP(O)O. The predicted octanol–water partition coefficient (Wildman–Crippen LogP) is 3.75. The molecule has 0 atom stereocenters. The van der Waals surface area contributed by atoms with E-state index < -0.39 is 8.60 Å². The molecule has 0 aromatic rings. The Balaban J connectivity index is 2.87. The minimum Gasteiger partial charge on any atom is -0.328 e. The summed E-state index contributed by atoms with van der Waals surface area (Å²) in [7, 11) is -2.14. The molecular formula is C11H25O3P. The summed E-state index contributed by atoms with van der Waals surface area (Å²) in [5.74, 6) is 0. The summed E-state index contributed by atoms with van der Waals surface area (Å²) in [6.45, 7) is 2.71. The van der Waals surface area contributed by atoms with E-state index >= 15 is 0 Å². The summed E-state index contributed by atoms with van der Waals surface area (Å²) in [5, 5.41) is 0. The zero-order chi connectivity index (χ0) is 11.4. The van der Waals surface area contributed by atoms with E-state index in [4.69, 9.17) is 9.79 Å². The third-order valence-electron chi connectivity index (χ3n) is 2.45. The molecule has 0 fully saturated rings. The van der Waals surface area contributed by atoms with Gasteiger partial charge in [-0.1, -0.05) is 58.3 Å². The Morgan fingerprint density at radius 2 is 1.27 bits per heavy atom. The van der Waals surface area contributed by atoms with Gasteiger partial charge in [-0.15, -0.1) is 0 Å². The number of rotatable bonds is 11. The second-order valence-corrected chi connectivity index (χ2v) is 4.68. The van der Waals surface area contributed by atoms with E-state index in [0.29, 0.717) is 6.61 Å². The lowest BCUT2D eigenvalue weighted by molar-refractivity contribution is 0.248. The van der Waals surface area contributed by atoms with Gasteiger partial charge in [0.1, 0.15) is 0 Å². The monoisotopic (exact) mass is 236 g/mol. The first-order valence-electron chi connectivity index (χ1n) is 6.08. The van der Waals surface area contributed by atoms with Crippen LogP contribution in [0.4, 0.5) is 0 Å². The quantitative estimate of drug-likeness (QED) is 0.424. The van der Waals surface area contributed by atoms with Crippen LogP contribution in [0.3, 0.4) is 0 Å². The molecule has 0 aliphatic rings. The van der Waals surface area contributed by atoms with Gasteiger partial charge in [0.2, 0.25) is 0 Å². The molecule has 3 nitrogen and oxygen atoms in total. The highest BCUT2D eigenvalue weighted by Crippen LogP contribution is 2.24. The van der Waals surface area contributed by atoms with Crippen LogP contribution >= 0.6 is 8.60 Å². The molecule has 0 aliphatic heterocycles. The van der Waals surface area contributed by atoms with E-state index in [1.54, 1.807) is 0 Å². The molecule has 0 radical (unpaired) electrons. The Kier molecular flexibility index (Phi) is 12.6. The smallest absolute Gasteiger partial charge is 0.327 e. The van der Waals surface area contributed by atoms with E-state index in [-0.39, 0.29) is 0 Å². The molecule has 92 valence electrons. The lowest BCUT2D eigenvalue weighted by atomic mass is 10.1. The molecule has 0 amide bonds. The van der Waals surface area contributed by atoms with E-state index in [9.17, 15) is 0 Å².